The van der Waals surface area contributed by atoms with E-state index in [0.717, 1.165) is 5.57 Å². The van der Waals surface area contributed by atoms with E-state index in [9.17, 15) is 4.79 Å². The Kier molecular flexibility index (Phi) is 10.5. The molecule has 0 amide bonds. The molecule has 2 heteroatoms. The fourth-order valence-electron chi connectivity index (χ4n) is 1.57. The van der Waals surface area contributed by atoms with Gasteiger partial charge in [0.25, 0.3) is 0 Å². The largest absolute Gasteiger partial charge is 0.462 e. The molecular weight excluding hydrogens is 284 g/mol. The first-order valence-corrected chi connectivity index (χ1v) is 8.51. The first-order valence-electron chi connectivity index (χ1n) is 8.51. The van der Waals surface area contributed by atoms with Crippen LogP contribution in [0.4, 0.5) is 0 Å². The Balaban J connectivity index is 0. The lowest BCUT2D eigenvalue weighted by molar-refractivity contribution is -0.141. The zero-order chi connectivity index (χ0) is 19.0. The summed E-state index contributed by atoms with van der Waals surface area (Å²) >= 11 is 0. The second-order valence-corrected chi connectivity index (χ2v) is 9.28. The van der Waals surface area contributed by atoms with Crippen LogP contribution in [0.3, 0.4) is 0 Å². The Labute approximate surface area is 145 Å². The van der Waals surface area contributed by atoms with Gasteiger partial charge in [-0.3, -0.25) is 0 Å². The van der Waals surface area contributed by atoms with E-state index >= 15 is 0 Å². The van der Waals surface area contributed by atoms with Gasteiger partial charge in [0, 0.05) is 5.57 Å². The van der Waals surface area contributed by atoms with Gasteiger partial charge in [-0.1, -0.05) is 58.3 Å². The first kappa shape index (κ1) is 24.2. The van der Waals surface area contributed by atoms with Crippen molar-refractivity contribution in [1.29, 1.82) is 0 Å². The fourth-order valence-corrected chi connectivity index (χ4v) is 1.57. The highest BCUT2D eigenvalue weighted by Crippen LogP contribution is 2.25. The van der Waals surface area contributed by atoms with E-state index in [-0.39, 0.29) is 11.4 Å². The summed E-state index contributed by atoms with van der Waals surface area (Å²) in [6, 6.07) is 0. The normalized spacial score (nSPS) is 11.1. The highest BCUT2D eigenvalue weighted by atomic mass is 16.5. The Morgan fingerprint density at radius 3 is 1.39 bits per heavy atom. The van der Waals surface area contributed by atoms with Crippen LogP contribution in [0.5, 0.6) is 0 Å². The minimum Gasteiger partial charge on any atom is -0.462 e. The van der Waals surface area contributed by atoms with Crippen LogP contribution >= 0.6 is 0 Å². The SMILES string of the molecule is CC(C)=C(C)C(=O)OCC(C)(C)C.CC(C)=C(C)CC(C)(C)C. The van der Waals surface area contributed by atoms with E-state index < -0.39 is 0 Å². The van der Waals surface area contributed by atoms with E-state index in [1.54, 1.807) is 6.92 Å². The maximum absolute atomic E-state index is 11.4. The summed E-state index contributed by atoms with van der Waals surface area (Å²) in [4.78, 5) is 11.4. The van der Waals surface area contributed by atoms with E-state index in [0.29, 0.717) is 17.6 Å². The molecule has 0 N–H and O–H groups in total. The molecule has 0 bridgehead atoms. The third-order valence-corrected chi connectivity index (χ3v) is 3.34. The number of hydrogen-bond donors (Lipinski definition) is 0. The van der Waals surface area contributed by atoms with Gasteiger partial charge in [0.2, 0.25) is 0 Å². The van der Waals surface area contributed by atoms with Crippen molar-refractivity contribution < 1.29 is 9.53 Å². The number of carbonyl (C=O) groups is 1. The van der Waals surface area contributed by atoms with Gasteiger partial charge in [-0.2, -0.15) is 0 Å². The highest BCUT2D eigenvalue weighted by molar-refractivity contribution is 5.88. The average molecular weight is 325 g/mol. The molecule has 0 rings (SSSR count). The lowest BCUT2D eigenvalue weighted by Gasteiger charge is -2.19. The summed E-state index contributed by atoms with van der Waals surface area (Å²) in [5.74, 6) is -0.199. The molecule has 2 nitrogen and oxygen atoms in total. The van der Waals surface area contributed by atoms with Gasteiger partial charge < -0.3 is 4.74 Å². The number of rotatable bonds is 3. The van der Waals surface area contributed by atoms with E-state index in [4.69, 9.17) is 4.74 Å². The quantitative estimate of drug-likeness (QED) is 0.327. The number of ether oxygens (including phenoxy) is 1. The summed E-state index contributed by atoms with van der Waals surface area (Å²) < 4.78 is 5.13. The molecule has 0 heterocycles. The van der Waals surface area contributed by atoms with Crippen molar-refractivity contribution in [2.75, 3.05) is 6.61 Å². The molecule has 0 aromatic carbocycles. The number of allylic oxidation sites excluding steroid dienone is 3. The molecule has 0 aliphatic heterocycles. The van der Waals surface area contributed by atoms with E-state index in [1.807, 2.05) is 34.6 Å². The van der Waals surface area contributed by atoms with Crippen LogP contribution in [0, 0.1) is 10.8 Å². The molecule has 0 aromatic rings. The van der Waals surface area contributed by atoms with Crippen molar-refractivity contribution in [3.05, 3.63) is 22.3 Å². The third kappa shape index (κ3) is 15.6. The van der Waals surface area contributed by atoms with Gasteiger partial charge in [-0.15, -0.1) is 0 Å². The second kappa shape index (κ2) is 9.95. The topological polar surface area (TPSA) is 26.3 Å². The van der Waals surface area contributed by atoms with Crippen molar-refractivity contribution in [2.45, 2.75) is 89.5 Å². The molecule has 0 atom stereocenters. The van der Waals surface area contributed by atoms with Crippen molar-refractivity contribution in [3.63, 3.8) is 0 Å². The zero-order valence-electron chi connectivity index (χ0n) is 17.7. The lowest BCUT2D eigenvalue weighted by Crippen LogP contribution is -2.19. The summed E-state index contributed by atoms with van der Waals surface area (Å²) in [7, 11) is 0. The third-order valence-electron chi connectivity index (χ3n) is 3.34. The Hall–Kier alpha value is -1.05. The molecule has 0 unspecified atom stereocenters. The minimum absolute atomic E-state index is 0.0393. The second-order valence-electron chi connectivity index (χ2n) is 9.28. The number of hydrogen-bond acceptors (Lipinski definition) is 2. The Bertz CT molecular complexity index is 429. The molecule has 0 spiro atoms. The van der Waals surface area contributed by atoms with Crippen LogP contribution < -0.4 is 0 Å². The van der Waals surface area contributed by atoms with Crippen LogP contribution in [0.1, 0.15) is 89.5 Å². The van der Waals surface area contributed by atoms with Crippen LogP contribution in [-0.2, 0) is 9.53 Å². The van der Waals surface area contributed by atoms with Crippen molar-refractivity contribution in [1.82, 2.24) is 0 Å². The standard InChI is InChI=1S/C11H20O2.C10H20/c1-8(2)9(3)10(12)13-7-11(4,5)6;1-8(2)9(3)7-10(4,5)6/h7H2,1-6H3;7H2,1-6H3. The van der Waals surface area contributed by atoms with Gasteiger partial charge >= 0.3 is 5.97 Å². The molecule has 0 aromatic heterocycles. The molecule has 0 saturated carbocycles. The average Bonchev–Trinajstić information content (AvgIpc) is 2.32. The summed E-state index contributed by atoms with van der Waals surface area (Å²) in [5, 5.41) is 0. The minimum atomic E-state index is -0.199. The monoisotopic (exact) mass is 324 g/mol. The highest BCUT2D eigenvalue weighted by Gasteiger charge is 2.15. The smallest absolute Gasteiger partial charge is 0.333 e. The predicted molar refractivity (Wildman–Crippen MR) is 103 cm³/mol. The fraction of sp³-hybridized carbons (Fsp3) is 0.762. The van der Waals surface area contributed by atoms with Crippen LogP contribution in [0.25, 0.3) is 0 Å². The molecule has 0 fully saturated rings. The predicted octanol–water partition coefficient (Wildman–Crippen LogP) is 6.71. The van der Waals surface area contributed by atoms with E-state index in [2.05, 4.69) is 41.5 Å². The Morgan fingerprint density at radius 1 is 0.739 bits per heavy atom. The molecule has 23 heavy (non-hydrogen) atoms. The zero-order valence-corrected chi connectivity index (χ0v) is 17.7. The van der Waals surface area contributed by atoms with Gasteiger partial charge in [0.15, 0.2) is 0 Å². The molecule has 136 valence electrons. The molecule has 0 radical (unpaired) electrons. The first-order chi connectivity index (χ1) is 10.1. The maximum atomic E-state index is 11.4. The Morgan fingerprint density at radius 2 is 1.17 bits per heavy atom. The molecule has 0 aliphatic rings. The summed E-state index contributed by atoms with van der Waals surface area (Å²) in [6.45, 7) is 25.6. The van der Waals surface area contributed by atoms with Crippen molar-refractivity contribution >= 4 is 5.97 Å². The maximum Gasteiger partial charge on any atom is 0.333 e. The lowest BCUT2D eigenvalue weighted by atomic mass is 9.87. The van der Waals surface area contributed by atoms with Crippen LogP contribution in [0.15, 0.2) is 22.3 Å². The molecule has 0 saturated heterocycles. The number of esters is 1. The molecule has 0 aliphatic carbocycles. The molecular formula is C21H40O2. The van der Waals surface area contributed by atoms with Crippen LogP contribution in [0.2, 0.25) is 0 Å². The van der Waals surface area contributed by atoms with E-state index in [1.165, 1.54) is 17.6 Å². The van der Waals surface area contributed by atoms with Crippen molar-refractivity contribution in [3.8, 4) is 0 Å². The summed E-state index contributed by atoms with van der Waals surface area (Å²) in [5.41, 5.74) is 5.21. The van der Waals surface area contributed by atoms with Gasteiger partial charge in [0.1, 0.15) is 0 Å². The van der Waals surface area contributed by atoms with Gasteiger partial charge in [0.05, 0.1) is 6.61 Å². The van der Waals surface area contributed by atoms with Crippen LogP contribution in [-0.4, -0.2) is 12.6 Å². The number of carbonyl (C=O) groups excluding carboxylic acids is 1. The summed E-state index contributed by atoms with van der Waals surface area (Å²) in [6.07, 6.45) is 1.22. The van der Waals surface area contributed by atoms with Gasteiger partial charge in [-0.25, -0.2) is 4.79 Å². The van der Waals surface area contributed by atoms with Crippen molar-refractivity contribution in [2.24, 2.45) is 10.8 Å². The van der Waals surface area contributed by atoms with Gasteiger partial charge in [-0.05, 0) is 58.8 Å².